The van der Waals surface area contributed by atoms with Gasteiger partial charge in [0.1, 0.15) is 4.90 Å². The fourth-order valence-corrected chi connectivity index (χ4v) is 2.15. The molecule has 0 saturated carbocycles. The van der Waals surface area contributed by atoms with Crippen LogP contribution < -0.4 is 0 Å². The summed E-state index contributed by atoms with van der Waals surface area (Å²) >= 11 is 0. The predicted octanol–water partition coefficient (Wildman–Crippen LogP) is 2.82. The number of rotatable bonds is 4. The molecule has 1 aromatic carbocycles. The number of hydrogen-bond acceptors (Lipinski definition) is 6. The van der Waals surface area contributed by atoms with Gasteiger partial charge in [0.15, 0.2) is 0 Å². The molecule has 0 amide bonds. The lowest BCUT2D eigenvalue weighted by molar-refractivity contribution is -0.422. The minimum atomic E-state index is -6.43. The number of nitro benzene ring substituents is 2. The van der Waals surface area contributed by atoms with Gasteiger partial charge in [-0.25, -0.2) is 0 Å². The molecule has 23 heavy (non-hydrogen) atoms. The molecule has 0 atom stereocenters. The first-order valence-corrected chi connectivity index (χ1v) is 6.35. The van der Waals surface area contributed by atoms with E-state index in [1.54, 1.807) is 0 Å². The van der Waals surface area contributed by atoms with E-state index in [0.717, 1.165) is 0 Å². The van der Waals surface area contributed by atoms with Crippen LogP contribution in [0, 0.1) is 20.2 Å². The van der Waals surface area contributed by atoms with E-state index in [2.05, 4.69) is 0 Å². The largest absolute Gasteiger partial charge is 0.458 e. The van der Waals surface area contributed by atoms with Gasteiger partial charge in [-0.15, -0.1) is 3.89 Å². The average Bonchev–Trinajstić information content (AvgIpc) is 2.34. The molecule has 0 spiro atoms. The number of hydrogen-bond donors (Lipinski definition) is 0. The quantitative estimate of drug-likeness (QED) is 0.349. The summed E-state index contributed by atoms with van der Waals surface area (Å²) in [5.41, 5.74) is -6.26. The molecule has 0 N–H and O–H groups in total. The summed E-state index contributed by atoms with van der Waals surface area (Å²) in [4.78, 5) is 15.4. The van der Waals surface area contributed by atoms with Gasteiger partial charge in [0.05, 0.1) is 15.4 Å². The third-order valence-electron chi connectivity index (χ3n) is 2.43. The summed E-state index contributed by atoms with van der Waals surface area (Å²) in [6.07, 6.45) is -6.43. The molecule has 15 heteroatoms. The Hall–Kier alpha value is -2.45. The Labute approximate surface area is 121 Å². The Morgan fingerprint density at radius 1 is 0.913 bits per heavy atom. The number of halogens is 6. The Balaban J connectivity index is 4.00. The van der Waals surface area contributed by atoms with Crippen molar-refractivity contribution in [3.05, 3.63) is 37.9 Å². The zero-order chi connectivity index (χ0) is 18.4. The van der Waals surface area contributed by atoms with Crippen molar-refractivity contribution < 1.29 is 44.1 Å². The molecule has 0 fully saturated rings. The van der Waals surface area contributed by atoms with E-state index < -0.39 is 66.1 Å². The molecule has 0 radical (unpaired) electrons. The second-order valence-corrected chi connectivity index (χ2v) is 5.18. The molecule has 1 aromatic rings. The van der Waals surface area contributed by atoms with Crippen LogP contribution in [-0.2, 0) is 16.1 Å². The second-order valence-electron chi connectivity index (χ2n) is 3.86. The normalized spacial score (nSPS) is 13.0. The van der Waals surface area contributed by atoms with Crippen LogP contribution in [0.25, 0.3) is 0 Å². The van der Waals surface area contributed by atoms with E-state index in [1.165, 1.54) is 0 Å². The molecule has 0 bridgehead atoms. The zero-order valence-corrected chi connectivity index (χ0v) is 11.0. The van der Waals surface area contributed by atoms with Crippen LogP contribution >= 0.6 is 0 Å². The molecule has 1 rings (SSSR count). The van der Waals surface area contributed by atoms with Crippen molar-refractivity contribution in [1.29, 1.82) is 0 Å². The van der Waals surface area contributed by atoms with Gasteiger partial charge in [-0.05, 0) is 0 Å². The molecule has 0 aliphatic rings. The summed E-state index contributed by atoms with van der Waals surface area (Å²) < 4.78 is 97.9. The SMILES string of the molecule is O=[N+]([O-])c1cc(C(F)(F)C(F)(F)F)c(S(=O)(=O)F)cc1[N+](=O)[O-]. The van der Waals surface area contributed by atoms with Crippen LogP contribution in [0.2, 0.25) is 0 Å². The molecule has 8 nitrogen and oxygen atoms in total. The minimum Gasteiger partial charge on any atom is -0.258 e. The standard InChI is InChI=1S/C8H2F6N2O6S/c9-7(10,8(11,12)13)3-1-4(15(17)18)5(16(19)20)2-6(3)23(14,21)22/h1-2H. The van der Waals surface area contributed by atoms with Crippen molar-refractivity contribution in [3.8, 4) is 0 Å². The maximum absolute atomic E-state index is 13.3. The lowest BCUT2D eigenvalue weighted by Crippen LogP contribution is -2.35. The summed E-state index contributed by atoms with van der Waals surface area (Å²) in [5, 5.41) is 21.1. The lowest BCUT2D eigenvalue weighted by atomic mass is 10.1. The summed E-state index contributed by atoms with van der Waals surface area (Å²) in [6, 6.07) is -1.26. The van der Waals surface area contributed by atoms with Crippen LogP contribution in [0.5, 0.6) is 0 Å². The van der Waals surface area contributed by atoms with Crippen LogP contribution in [0.4, 0.5) is 37.2 Å². The molecule has 0 unspecified atom stereocenters. The van der Waals surface area contributed by atoms with Gasteiger partial charge in [-0.1, -0.05) is 0 Å². The highest BCUT2D eigenvalue weighted by Gasteiger charge is 2.61. The molecule has 0 saturated heterocycles. The van der Waals surface area contributed by atoms with Gasteiger partial charge in [-0.3, -0.25) is 20.2 Å². The molecular formula is C8H2F6N2O6S. The molecule has 128 valence electrons. The van der Waals surface area contributed by atoms with E-state index in [1.807, 2.05) is 0 Å². The number of nitrogens with zero attached hydrogens (tertiary/aromatic N) is 2. The molecule has 0 aliphatic carbocycles. The van der Waals surface area contributed by atoms with Crippen LogP contribution in [-0.4, -0.2) is 24.4 Å². The third-order valence-corrected chi connectivity index (χ3v) is 3.29. The van der Waals surface area contributed by atoms with Gasteiger partial charge < -0.3 is 0 Å². The maximum Gasteiger partial charge on any atom is 0.458 e. The van der Waals surface area contributed by atoms with Crippen LogP contribution in [0.3, 0.4) is 0 Å². The Morgan fingerprint density at radius 2 is 1.30 bits per heavy atom. The van der Waals surface area contributed by atoms with Crippen molar-refractivity contribution >= 4 is 21.6 Å². The van der Waals surface area contributed by atoms with E-state index in [9.17, 15) is 54.5 Å². The minimum absolute atomic E-state index is 0.567. The van der Waals surface area contributed by atoms with Crippen molar-refractivity contribution in [2.24, 2.45) is 0 Å². The first-order chi connectivity index (χ1) is 10.1. The van der Waals surface area contributed by atoms with Gasteiger partial charge in [-0.2, -0.15) is 30.4 Å². The van der Waals surface area contributed by atoms with Crippen molar-refractivity contribution in [2.75, 3.05) is 0 Å². The zero-order valence-electron chi connectivity index (χ0n) is 10.2. The fourth-order valence-electron chi connectivity index (χ4n) is 1.45. The highest BCUT2D eigenvalue weighted by Crippen LogP contribution is 2.48. The van der Waals surface area contributed by atoms with E-state index in [-0.39, 0.29) is 0 Å². The second kappa shape index (κ2) is 5.32. The van der Waals surface area contributed by atoms with E-state index in [0.29, 0.717) is 0 Å². The topological polar surface area (TPSA) is 120 Å². The predicted molar refractivity (Wildman–Crippen MR) is 58.0 cm³/mol. The Kier molecular flexibility index (Phi) is 4.30. The Morgan fingerprint density at radius 3 is 1.61 bits per heavy atom. The Bertz CT molecular complexity index is 789. The average molecular weight is 368 g/mol. The lowest BCUT2D eigenvalue weighted by Gasteiger charge is -2.21. The van der Waals surface area contributed by atoms with Crippen molar-refractivity contribution in [3.63, 3.8) is 0 Å². The van der Waals surface area contributed by atoms with Gasteiger partial charge >= 0.3 is 33.7 Å². The van der Waals surface area contributed by atoms with E-state index >= 15 is 0 Å². The van der Waals surface area contributed by atoms with Crippen molar-refractivity contribution in [2.45, 2.75) is 17.0 Å². The van der Waals surface area contributed by atoms with E-state index in [4.69, 9.17) is 0 Å². The smallest absolute Gasteiger partial charge is 0.258 e. The number of benzene rings is 1. The van der Waals surface area contributed by atoms with Gasteiger partial charge in [0.25, 0.3) is 0 Å². The molecule has 0 aliphatic heterocycles. The molecule has 0 aromatic heterocycles. The summed E-state index contributed by atoms with van der Waals surface area (Å²) in [6.45, 7) is 0. The molecular weight excluding hydrogens is 366 g/mol. The highest BCUT2D eigenvalue weighted by atomic mass is 32.3. The van der Waals surface area contributed by atoms with Gasteiger partial charge in [0.2, 0.25) is 0 Å². The van der Waals surface area contributed by atoms with Gasteiger partial charge in [0, 0.05) is 12.1 Å². The van der Waals surface area contributed by atoms with Crippen LogP contribution in [0.1, 0.15) is 5.56 Å². The maximum atomic E-state index is 13.3. The fraction of sp³-hybridized carbons (Fsp3) is 0.250. The third kappa shape index (κ3) is 3.33. The number of nitro groups is 2. The van der Waals surface area contributed by atoms with Crippen molar-refractivity contribution in [1.82, 2.24) is 0 Å². The summed E-state index contributed by atoms with van der Waals surface area (Å²) in [7, 11) is -6.28. The number of alkyl halides is 5. The highest BCUT2D eigenvalue weighted by molar-refractivity contribution is 7.86. The summed E-state index contributed by atoms with van der Waals surface area (Å²) in [5.74, 6) is -6.01. The first-order valence-electron chi connectivity index (χ1n) is 4.97. The van der Waals surface area contributed by atoms with Crippen LogP contribution in [0.15, 0.2) is 17.0 Å². The first kappa shape index (κ1) is 18.6. The monoisotopic (exact) mass is 368 g/mol. The molecule has 0 heterocycles.